The van der Waals surface area contributed by atoms with E-state index in [4.69, 9.17) is 21.1 Å². The first-order valence-electron chi connectivity index (χ1n) is 8.15. The second-order valence-corrected chi connectivity index (χ2v) is 6.11. The molecule has 0 saturated heterocycles. The molecule has 2 aromatic rings. The number of nitro groups is 1. The number of ether oxygens (including phenoxy) is 2. The zero-order valence-corrected chi connectivity index (χ0v) is 16.5. The first-order chi connectivity index (χ1) is 13.8. The molecule has 10 nitrogen and oxygen atoms in total. The lowest BCUT2D eigenvalue weighted by Crippen LogP contribution is -2.32. The molecule has 0 spiro atoms. The number of ketones is 1. The Bertz CT molecular complexity index is 979. The van der Waals surface area contributed by atoms with Gasteiger partial charge in [-0.2, -0.15) is 10.2 Å². The summed E-state index contributed by atoms with van der Waals surface area (Å²) in [6.45, 7) is 1.19. The molecule has 0 heterocycles. The van der Waals surface area contributed by atoms with Crippen LogP contribution < -0.4 is 14.8 Å². The van der Waals surface area contributed by atoms with Crippen LogP contribution in [0.5, 0.6) is 11.5 Å². The van der Waals surface area contributed by atoms with Crippen molar-refractivity contribution in [3.05, 3.63) is 51.5 Å². The number of nitro benzene ring substituents is 1. The lowest BCUT2D eigenvalue weighted by Gasteiger charge is -2.13. The molecule has 1 atom stereocenters. The van der Waals surface area contributed by atoms with Crippen LogP contribution in [-0.2, 0) is 9.59 Å². The van der Waals surface area contributed by atoms with E-state index in [0.717, 1.165) is 6.07 Å². The molecule has 11 heteroatoms. The fourth-order valence-electron chi connectivity index (χ4n) is 2.28. The highest BCUT2D eigenvalue weighted by molar-refractivity contribution is 6.31. The molecule has 29 heavy (non-hydrogen) atoms. The van der Waals surface area contributed by atoms with Crippen LogP contribution in [0.15, 0.2) is 46.6 Å². The Morgan fingerprint density at radius 3 is 2.41 bits per heavy atom. The van der Waals surface area contributed by atoms with Gasteiger partial charge in [-0.3, -0.25) is 19.7 Å². The molecule has 2 aromatic carbocycles. The Kier molecular flexibility index (Phi) is 7.21. The molecule has 0 radical (unpaired) electrons. The number of azo groups is 1. The lowest BCUT2D eigenvalue weighted by atomic mass is 10.2. The summed E-state index contributed by atoms with van der Waals surface area (Å²) in [4.78, 5) is 34.7. The van der Waals surface area contributed by atoms with E-state index in [0.29, 0.717) is 10.8 Å². The van der Waals surface area contributed by atoms with Crippen molar-refractivity contribution < 1.29 is 24.0 Å². The van der Waals surface area contributed by atoms with Crippen molar-refractivity contribution in [1.82, 2.24) is 0 Å². The van der Waals surface area contributed by atoms with Crippen LogP contribution in [-0.4, -0.2) is 36.9 Å². The van der Waals surface area contributed by atoms with Gasteiger partial charge >= 0.3 is 0 Å². The topological polar surface area (TPSA) is 132 Å². The maximum atomic E-state index is 12.5. The second-order valence-electron chi connectivity index (χ2n) is 5.68. The monoisotopic (exact) mass is 420 g/mol. The molecule has 0 bridgehead atoms. The zero-order chi connectivity index (χ0) is 21.6. The fraction of sp³-hybridized carbons (Fsp3) is 0.222. The van der Waals surface area contributed by atoms with Crippen molar-refractivity contribution in [3.8, 4) is 11.5 Å². The molecule has 0 fully saturated rings. The van der Waals surface area contributed by atoms with E-state index >= 15 is 0 Å². The summed E-state index contributed by atoms with van der Waals surface area (Å²) in [5.74, 6) is -0.892. The molecule has 0 aliphatic carbocycles. The first kappa shape index (κ1) is 21.8. The molecule has 0 unspecified atom stereocenters. The van der Waals surface area contributed by atoms with E-state index in [1.165, 1.54) is 39.3 Å². The number of halogens is 1. The smallest absolute Gasteiger partial charge is 0.273 e. The standard InChI is InChI=1S/C18H17ClN4O6/c1-10(24)17(18(25)20-14-8-11(19)4-7-15(14)28-2)22-21-13-6-5-12(23(26)27)9-16(13)29-3/h4-9,17H,1-3H3,(H,20,25)/t17-/m1/s1. The molecule has 152 valence electrons. The van der Waals surface area contributed by atoms with Crippen LogP contribution >= 0.6 is 11.6 Å². The Labute approximate surface area is 170 Å². The van der Waals surface area contributed by atoms with Crippen LogP contribution in [0, 0.1) is 10.1 Å². The minimum Gasteiger partial charge on any atom is -0.495 e. The van der Waals surface area contributed by atoms with Gasteiger partial charge in [0.15, 0.2) is 11.5 Å². The Morgan fingerprint density at radius 2 is 1.83 bits per heavy atom. The van der Waals surface area contributed by atoms with Crippen LogP contribution in [0.25, 0.3) is 0 Å². The summed E-state index contributed by atoms with van der Waals surface area (Å²) in [6.07, 6.45) is 0. The van der Waals surface area contributed by atoms with Gasteiger partial charge in [-0.25, -0.2) is 0 Å². The van der Waals surface area contributed by atoms with Crippen LogP contribution in [0.4, 0.5) is 17.1 Å². The van der Waals surface area contributed by atoms with Gasteiger partial charge in [-0.05, 0) is 31.2 Å². The van der Waals surface area contributed by atoms with E-state index in [2.05, 4.69) is 15.5 Å². The number of amides is 1. The molecule has 0 aliphatic rings. The lowest BCUT2D eigenvalue weighted by molar-refractivity contribution is -0.384. The van der Waals surface area contributed by atoms with Gasteiger partial charge in [-0.15, -0.1) is 0 Å². The number of hydrogen-bond acceptors (Lipinski definition) is 8. The Morgan fingerprint density at radius 1 is 1.14 bits per heavy atom. The third-order valence-corrected chi connectivity index (χ3v) is 3.94. The number of rotatable bonds is 8. The van der Waals surface area contributed by atoms with Crippen LogP contribution in [0.3, 0.4) is 0 Å². The van der Waals surface area contributed by atoms with E-state index < -0.39 is 22.7 Å². The average Bonchev–Trinajstić information content (AvgIpc) is 2.68. The average molecular weight is 421 g/mol. The number of hydrogen-bond donors (Lipinski definition) is 1. The maximum absolute atomic E-state index is 12.5. The number of nitrogens with zero attached hydrogens (tertiary/aromatic N) is 3. The second kappa shape index (κ2) is 9.60. The molecule has 0 aromatic heterocycles. The van der Waals surface area contributed by atoms with Gasteiger partial charge < -0.3 is 14.8 Å². The minimum atomic E-state index is -1.46. The molecule has 1 N–H and O–H groups in total. The van der Waals surface area contributed by atoms with E-state index in [1.807, 2.05) is 0 Å². The number of benzene rings is 2. The van der Waals surface area contributed by atoms with Gasteiger partial charge in [0.05, 0.1) is 30.9 Å². The molecular weight excluding hydrogens is 404 g/mol. The highest BCUT2D eigenvalue weighted by Gasteiger charge is 2.24. The van der Waals surface area contributed by atoms with Gasteiger partial charge in [0.25, 0.3) is 11.6 Å². The summed E-state index contributed by atoms with van der Waals surface area (Å²) in [7, 11) is 2.72. The first-order valence-corrected chi connectivity index (χ1v) is 8.52. The van der Waals surface area contributed by atoms with Gasteiger partial charge in [0, 0.05) is 11.1 Å². The SMILES string of the molecule is COc1cc([N+](=O)[O-])ccc1N=N[C@H](C(C)=O)C(=O)Nc1cc(Cl)ccc1OC. The highest BCUT2D eigenvalue weighted by Crippen LogP contribution is 2.32. The summed E-state index contributed by atoms with van der Waals surface area (Å²) >= 11 is 5.93. The number of non-ortho nitro benzene ring substituents is 1. The third kappa shape index (κ3) is 5.48. The Balaban J connectivity index is 2.28. The van der Waals surface area contributed by atoms with Crippen molar-refractivity contribution in [3.63, 3.8) is 0 Å². The Hall–Kier alpha value is -3.53. The van der Waals surface area contributed by atoms with Crippen molar-refractivity contribution >= 4 is 40.4 Å². The largest absolute Gasteiger partial charge is 0.495 e. The number of carbonyl (C=O) groups excluding carboxylic acids is 2. The zero-order valence-electron chi connectivity index (χ0n) is 15.7. The quantitative estimate of drug-likeness (QED) is 0.297. The molecule has 2 rings (SSSR count). The third-order valence-electron chi connectivity index (χ3n) is 3.71. The fourth-order valence-corrected chi connectivity index (χ4v) is 2.45. The summed E-state index contributed by atoms with van der Waals surface area (Å²) in [5, 5.41) is 21.4. The number of carbonyl (C=O) groups is 2. The number of anilines is 1. The van der Waals surface area contributed by atoms with Gasteiger partial charge in [0.2, 0.25) is 6.04 Å². The predicted molar refractivity (Wildman–Crippen MR) is 105 cm³/mol. The predicted octanol–water partition coefficient (Wildman–Crippen LogP) is 3.95. The summed E-state index contributed by atoms with van der Waals surface area (Å²) < 4.78 is 10.2. The number of methoxy groups -OCH3 is 2. The molecule has 0 saturated carbocycles. The molecule has 0 aliphatic heterocycles. The van der Waals surface area contributed by atoms with Crippen molar-refractivity contribution in [2.45, 2.75) is 13.0 Å². The number of nitrogens with one attached hydrogen (secondary N) is 1. The normalized spacial score (nSPS) is 11.7. The highest BCUT2D eigenvalue weighted by atomic mass is 35.5. The van der Waals surface area contributed by atoms with E-state index in [-0.39, 0.29) is 22.8 Å². The van der Waals surface area contributed by atoms with Crippen molar-refractivity contribution in [1.29, 1.82) is 0 Å². The maximum Gasteiger partial charge on any atom is 0.273 e. The van der Waals surface area contributed by atoms with Crippen molar-refractivity contribution in [2.75, 3.05) is 19.5 Å². The van der Waals surface area contributed by atoms with Crippen LogP contribution in [0.2, 0.25) is 5.02 Å². The van der Waals surface area contributed by atoms with Crippen LogP contribution in [0.1, 0.15) is 6.92 Å². The van der Waals surface area contributed by atoms with E-state index in [1.54, 1.807) is 12.1 Å². The van der Waals surface area contributed by atoms with Gasteiger partial charge in [-0.1, -0.05) is 11.6 Å². The summed E-state index contributed by atoms with van der Waals surface area (Å²) in [5.41, 5.74) is 0.187. The summed E-state index contributed by atoms with van der Waals surface area (Å²) in [6, 6.07) is 6.81. The minimum absolute atomic E-state index is 0.0715. The molecule has 1 amide bonds. The number of Topliss-reactive ketones (excluding diaryl/α,β-unsaturated/α-hetero) is 1. The van der Waals surface area contributed by atoms with Gasteiger partial charge in [0.1, 0.15) is 11.4 Å². The van der Waals surface area contributed by atoms with E-state index in [9.17, 15) is 19.7 Å². The van der Waals surface area contributed by atoms with Crippen molar-refractivity contribution in [2.24, 2.45) is 10.2 Å². The molecular formula is C18H17ClN4O6.